The average Bonchev–Trinajstić information content (AvgIpc) is 2.44. The van der Waals surface area contributed by atoms with Crippen LogP contribution in [0.15, 0.2) is 71.9 Å². The Morgan fingerprint density at radius 1 is 0.750 bits per heavy atom. The molecule has 0 bridgehead atoms. The molecule has 0 heterocycles. The number of hydrogen-bond donors (Lipinski definition) is 0. The van der Waals surface area contributed by atoms with E-state index in [1.807, 2.05) is 0 Å². The van der Waals surface area contributed by atoms with E-state index in [1.54, 1.807) is 0 Å². The van der Waals surface area contributed by atoms with Crippen LogP contribution in [-0.4, -0.2) is 8.07 Å². The number of benzene rings is 2. The first-order valence-electron chi connectivity index (χ1n) is 7.06. The molecule has 0 saturated carbocycles. The van der Waals surface area contributed by atoms with E-state index in [4.69, 9.17) is 0 Å². The summed E-state index contributed by atoms with van der Waals surface area (Å²) in [6.07, 6.45) is 6.83. The molecule has 2 rings (SSSR count). The molecule has 0 fully saturated rings. The zero-order chi connectivity index (χ0) is 14.4. The van der Waals surface area contributed by atoms with E-state index in [0.29, 0.717) is 0 Å². The maximum atomic E-state index is 2.39. The van der Waals surface area contributed by atoms with Gasteiger partial charge in [-0.2, -0.15) is 0 Å². The molecule has 0 aliphatic carbocycles. The zero-order valence-electron chi connectivity index (χ0n) is 12.5. The van der Waals surface area contributed by atoms with Gasteiger partial charge in [0, 0.05) is 0 Å². The molecule has 1 heteroatoms. The normalized spacial score (nSPS) is 12.8. The van der Waals surface area contributed by atoms with Gasteiger partial charge in [0.05, 0.1) is 8.07 Å². The Kier molecular flexibility index (Phi) is 4.75. The fourth-order valence-electron chi connectivity index (χ4n) is 1.99. The topological polar surface area (TPSA) is 0 Å². The second kappa shape index (κ2) is 6.53. The van der Waals surface area contributed by atoms with Crippen LogP contribution in [0.2, 0.25) is 19.6 Å². The largest absolute Gasteiger partial charge is 0.0776 e. The molecule has 0 radical (unpaired) electrons. The summed E-state index contributed by atoms with van der Waals surface area (Å²) in [6, 6.07) is 21.1. The summed E-state index contributed by atoms with van der Waals surface area (Å²) < 4.78 is 0. The maximum Gasteiger partial charge on any atom is 0.0776 e. The van der Waals surface area contributed by atoms with Crippen LogP contribution in [0.4, 0.5) is 0 Å². The second-order valence-corrected chi connectivity index (χ2v) is 11.1. The van der Waals surface area contributed by atoms with Crippen molar-refractivity contribution in [2.45, 2.75) is 19.6 Å². The third kappa shape index (κ3) is 4.36. The van der Waals surface area contributed by atoms with E-state index in [1.165, 1.54) is 16.3 Å². The third-order valence-electron chi connectivity index (χ3n) is 3.24. The van der Waals surface area contributed by atoms with Crippen LogP contribution in [0.3, 0.4) is 0 Å². The van der Waals surface area contributed by atoms with Crippen LogP contribution in [0, 0.1) is 0 Å². The van der Waals surface area contributed by atoms with Crippen LogP contribution in [0.25, 0.3) is 12.2 Å². The van der Waals surface area contributed by atoms with Gasteiger partial charge in [-0.3, -0.25) is 0 Å². The fourth-order valence-corrected chi connectivity index (χ4v) is 3.18. The van der Waals surface area contributed by atoms with Gasteiger partial charge in [-0.25, -0.2) is 0 Å². The molecule has 2 aromatic rings. The summed E-state index contributed by atoms with van der Waals surface area (Å²) in [5.41, 5.74) is 2.53. The summed E-state index contributed by atoms with van der Waals surface area (Å²) in [6.45, 7) is 7.16. The summed E-state index contributed by atoms with van der Waals surface area (Å²) >= 11 is 0. The number of rotatable bonds is 4. The molecule has 0 unspecified atom stereocenters. The molecule has 0 nitrogen and oxygen atoms in total. The van der Waals surface area contributed by atoms with Gasteiger partial charge in [0.25, 0.3) is 0 Å². The molecular formula is C19H22Si. The summed E-state index contributed by atoms with van der Waals surface area (Å²) in [5.74, 6) is 0. The molecule has 0 atom stereocenters. The standard InChI is InChI=1S/C19H22Si/c1-20(2,3)19(16-18-12-8-5-9-13-18)15-14-17-10-6-4-7-11-17/h4-16H,1-3H3/b15-14+,19-16-. The fraction of sp³-hybridized carbons (Fsp3) is 0.158. The highest BCUT2D eigenvalue weighted by Gasteiger charge is 2.17. The van der Waals surface area contributed by atoms with Crippen molar-refractivity contribution in [3.63, 3.8) is 0 Å². The van der Waals surface area contributed by atoms with E-state index in [9.17, 15) is 0 Å². The van der Waals surface area contributed by atoms with Crippen LogP contribution < -0.4 is 0 Å². The minimum atomic E-state index is -1.35. The molecule has 0 spiro atoms. The van der Waals surface area contributed by atoms with E-state index in [2.05, 4.69) is 98.5 Å². The van der Waals surface area contributed by atoms with Crippen molar-refractivity contribution in [3.05, 3.63) is 83.1 Å². The predicted molar refractivity (Wildman–Crippen MR) is 93.2 cm³/mol. The van der Waals surface area contributed by atoms with Gasteiger partial charge in [-0.15, -0.1) is 0 Å². The molecular weight excluding hydrogens is 256 g/mol. The van der Waals surface area contributed by atoms with Crippen molar-refractivity contribution < 1.29 is 0 Å². The SMILES string of the molecule is C[Si](C)(C)C(=C\c1ccccc1)/C=C/c1ccccc1. The molecule has 0 aliphatic heterocycles. The van der Waals surface area contributed by atoms with Crippen LogP contribution >= 0.6 is 0 Å². The number of hydrogen-bond acceptors (Lipinski definition) is 0. The monoisotopic (exact) mass is 278 g/mol. The Hall–Kier alpha value is -1.86. The quantitative estimate of drug-likeness (QED) is 0.500. The molecule has 0 saturated heterocycles. The van der Waals surface area contributed by atoms with Crippen LogP contribution in [0.5, 0.6) is 0 Å². The van der Waals surface area contributed by atoms with Gasteiger partial charge in [0.1, 0.15) is 0 Å². The second-order valence-electron chi connectivity index (χ2n) is 6.00. The molecule has 20 heavy (non-hydrogen) atoms. The van der Waals surface area contributed by atoms with Gasteiger partial charge in [0.15, 0.2) is 0 Å². The Morgan fingerprint density at radius 2 is 1.25 bits per heavy atom. The first-order valence-corrected chi connectivity index (χ1v) is 10.6. The van der Waals surface area contributed by atoms with Crippen molar-refractivity contribution in [3.8, 4) is 0 Å². The summed E-state index contributed by atoms with van der Waals surface area (Å²) in [5, 5.41) is 1.47. The van der Waals surface area contributed by atoms with Crippen LogP contribution in [-0.2, 0) is 0 Å². The Labute approximate surface area is 123 Å². The Balaban J connectivity index is 2.30. The highest BCUT2D eigenvalue weighted by atomic mass is 28.3. The third-order valence-corrected chi connectivity index (χ3v) is 5.29. The molecule has 0 amide bonds. The lowest BCUT2D eigenvalue weighted by atomic mass is 10.2. The molecule has 2 aromatic carbocycles. The van der Waals surface area contributed by atoms with E-state index in [0.717, 1.165) is 0 Å². The summed E-state index contributed by atoms with van der Waals surface area (Å²) in [4.78, 5) is 0. The lowest BCUT2D eigenvalue weighted by Gasteiger charge is -2.18. The average molecular weight is 278 g/mol. The molecule has 102 valence electrons. The number of allylic oxidation sites excluding steroid dienone is 2. The predicted octanol–water partition coefficient (Wildman–Crippen LogP) is 5.66. The molecule has 0 aliphatic rings. The highest BCUT2D eigenvalue weighted by molar-refractivity contribution is 6.84. The zero-order valence-corrected chi connectivity index (χ0v) is 13.5. The van der Waals surface area contributed by atoms with Gasteiger partial charge < -0.3 is 0 Å². The van der Waals surface area contributed by atoms with Crippen LogP contribution in [0.1, 0.15) is 11.1 Å². The van der Waals surface area contributed by atoms with E-state index in [-0.39, 0.29) is 0 Å². The maximum absolute atomic E-state index is 2.39. The lowest BCUT2D eigenvalue weighted by molar-refractivity contribution is 1.62. The van der Waals surface area contributed by atoms with Crippen molar-refractivity contribution in [2.24, 2.45) is 0 Å². The Bertz CT molecular complexity index is 587. The lowest BCUT2D eigenvalue weighted by Crippen LogP contribution is -2.22. The Morgan fingerprint density at radius 3 is 1.75 bits per heavy atom. The summed E-state index contributed by atoms with van der Waals surface area (Å²) in [7, 11) is -1.35. The van der Waals surface area contributed by atoms with Crippen molar-refractivity contribution >= 4 is 20.2 Å². The van der Waals surface area contributed by atoms with Gasteiger partial charge >= 0.3 is 0 Å². The minimum Gasteiger partial charge on any atom is -0.0656 e. The highest BCUT2D eigenvalue weighted by Crippen LogP contribution is 2.20. The van der Waals surface area contributed by atoms with Gasteiger partial charge in [-0.1, -0.05) is 104 Å². The van der Waals surface area contributed by atoms with Crippen molar-refractivity contribution in [1.82, 2.24) is 0 Å². The minimum absolute atomic E-state index is 1.25. The van der Waals surface area contributed by atoms with Crippen molar-refractivity contribution in [2.75, 3.05) is 0 Å². The first kappa shape index (κ1) is 14.5. The van der Waals surface area contributed by atoms with Gasteiger partial charge in [0.2, 0.25) is 0 Å². The van der Waals surface area contributed by atoms with E-state index < -0.39 is 8.07 Å². The smallest absolute Gasteiger partial charge is 0.0656 e. The van der Waals surface area contributed by atoms with Gasteiger partial charge in [-0.05, 0) is 11.1 Å². The molecule has 0 aromatic heterocycles. The van der Waals surface area contributed by atoms with Crippen molar-refractivity contribution in [1.29, 1.82) is 0 Å². The first-order chi connectivity index (χ1) is 9.55. The van der Waals surface area contributed by atoms with E-state index >= 15 is 0 Å². The molecule has 0 N–H and O–H groups in total.